The molecule has 14 nitrogen and oxygen atoms in total. The summed E-state index contributed by atoms with van der Waals surface area (Å²) in [4.78, 5) is 55.3. The maximum absolute atomic E-state index is 15.8. The first kappa shape index (κ1) is 49.0. The predicted octanol–water partition coefficient (Wildman–Crippen LogP) is 7.70. The Morgan fingerprint density at radius 3 is 2.31 bits per heavy atom. The number of rotatable bonds is 13. The number of nitriles is 1. The standard InChI is InChI=1S/C59H63FN8O6/c1-37-51(59(72)68(46-10-12-49(69)13-11-46)55-28-47(31-61)62(3)38(55)2)30-56(63(37)4)52-25-40-15-16-66(57(70)27-41-9-14-50(29-54(41)60)74-22-19-64-17-20-73-21-18-64)34-45(40)26-53(52)58(71)67-35-42-8-6-5-7-39(42)24-48(67)36-65-32-43-23-44(43)33-65/h5-14,25-26,28-30,43-44,48,69H,15-24,27,32-36H2,1-4H3/t43-,44+,48-/m0/s1. The van der Waals surface area contributed by atoms with Crippen LogP contribution in [0.25, 0.3) is 11.3 Å². The molecule has 5 aliphatic rings. The van der Waals surface area contributed by atoms with E-state index < -0.39 is 5.82 Å². The lowest BCUT2D eigenvalue weighted by molar-refractivity contribution is -0.131. The van der Waals surface area contributed by atoms with Gasteiger partial charge in [-0.25, -0.2) is 4.39 Å². The molecule has 382 valence electrons. The number of halogens is 1. The minimum atomic E-state index is -0.492. The zero-order chi connectivity index (χ0) is 51.4. The summed E-state index contributed by atoms with van der Waals surface area (Å²) in [6, 6.07) is 29.2. The van der Waals surface area contributed by atoms with E-state index >= 15 is 14.0 Å². The van der Waals surface area contributed by atoms with Crippen molar-refractivity contribution in [1.29, 1.82) is 5.26 Å². The first-order chi connectivity index (χ1) is 35.8. The number of fused-ring (bicyclic) bond motifs is 3. The van der Waals surface area contributed by atoms with Crippen LogP contribution < -0.4 is 9.64 Å². The lowest BCUT2D eigenvalue weighted by Crippen LogP contribution is -2.50. The smallest absolute Gasteiger partial charge is 0.264 e. The van der Waals surface area contributed by atoms with Gasteiger partial charge in [-0.05, 0) is 127 Å². The van der Waals surface area contributed by atoms with Crippen molar-refractivity contribution >= 4 is 29.1 Å². The number of morpholine rings is 1. The number of aromatic nitrogens is 2. The first-order valence-electron chi connectivity index (χ1n) is 25.9. The molecule has 6 heterocycles. The van der Waals surface area contributed by atoms with Gasteiger partial charge in [-0.2, -0.15) is 5.26 Å². The number of likely N-dealkylation sites (tertiary alicyclic amines) is 1. The Bertz CT molecular complexity index is 3190. The summed E-state index contributed by atoms with van der Waals surface area (Å²) in [7, 11) is 3.69. The summed E-state index contributed by atoms with van der Waals surface area (Å²) in [6.07, 6.45) is 2.41. The van der Waals surface area contributed by atoms with E-state index in [1.165, 1.54) is 30.2 Å². The third-order valence-corrected chi connectivity index (χ3v) is 16.4. The van der Waals surface area contributed by atoms with Crippen LogP contribution in [0, 0.1) is 42.8 Å². The van der Waals surface area contributed by atoms with E-state index in [9.17, 15) is 15.2 Å². The van der Waals surface area contributed by atoms with Crippen molar-refractivity contribution in [3.05, 3.63) is 153 Å². The quantitative estimate of drug-likeness (QED) is 0.123. The largest absolute Gasteiger partial charge is 0.508 e. The monoisotopic (exact) mass is 998 g/mol. The van der Waals surface area contributed by atoms with Gasteiger partial charge in [0.2, 0.25) is 5.91 Å². The van der Waals surface area contributed by atoms with E-state index in [2.05, 4.69) is 40.1 Å². The number of phenols is 1. The molecule has 74 heavy (non-hydrogen) atoms. The molecule has 6 aromatic rings. The molecule has 11 rings (SSSR count). The molecule has 0 unspecified atom stereocenters. The summed E-state index contributed by atoms with van der Waals surface area (Å²) in [5, 5.41) is 20.3. The second-order valence-electron chi connectivity index (χ2n) is 20.9. The minimum Gasteiger partial charge on any atom is -0.508 e. The number of piperidine rings is 1. The fourth-order valence-electron chi connectivity index (χ4n) is 11.7. The molecule has 4 aliphatic heterocycles. The van der Waals surface area contributed by atoms with Crippen molar-refractivity contribution in [1.82, 2.24) is 28.7 Å². The molecular weight excluding hydrogens is 936 g/mol. The Labute approximate surface area is 431 Å². The Hall–Kier alpha value is -7.25. The number of phenolic OH excluding ortho intramolecular Hbond substituents is 1. The number of nitrogens with zero attached hydrogens (tertiary/aromatic N) is 8. The highest BCUT2D eigenvalue weighted by Gasteiger charge is 2.46. The summed E-state index contributed by atoms with van der Waals surface area (Å²) in [5.74, 6) is 0.801. The lowest BCUT2D eigenvalue weighted by atomic mass is 9.89. The van der Waals surface area contributed by atoms with E-state index in [1.54, 1.807) is 51.7 Å². The van der Waals surface area contributed by atoms with Gasteiger partial charge in [0.25, 0.3) is 11.8 Å². The number of amides is 3. The number of ether oxygens (including phenoxy) is 2. The second kappa shape index (κ2) is 20.2. The Kier molecular flexibility index (Phi) is 13.4. The molecule has 1 aliphatic carbocycles. The van der Waals surface area contributed by atoms with Crippen molar-refractivity contribution in [2.24, 2.45) is 25.9 Å². The average Bonchev–Trinajstić information content (AvgIpc) is 3.76. The molecule has 15 heteroatoms. The molecule has 3 atom stereocenters. The third-order valence-electron chi connectivity index (χ3n) is 16.4. The number of anilines is 2. The van der Waals surface area contributed by atoms with Crippen molar-refractivity contribution in [2.45, 2.75) is 58.7 Å². The van der Waals surface area contributed by atoms with Crippen molar-refractivity contribution < 1.29 is 33.4 Å². The van der Waals surface area contributed by atoms with Crippen molar-refractivity contribution in [2.75, 3.05) is 70.5 Å². The molecule has 2 aromatic heterocycles. The predicted molar refractivity (Wildman–Crippen MR) is 279 cm³/mol. The first-order valence-corrected chi connectivity index (χ1v) is 25.9. The molecule has 1 saturated carbocycles. The maximum atomic E-state index is 15.8. The van der Waals surface area contributed by atoms with Crippen LogP contribution in [0.5, 0.6) is 11.5 Å². The molecule has 3 amide bonds. The highest BCUT2D eigenvalue weighted by Crippen LogP contribution is 2.45. The van der Waals surface area contributed by atoms with E-state index in [0.717, 1.165) is 74.2 Å². The van der Waals surface area contributed by atoms with Gasteiger partial charge in [0.15, 0.2) is 0 Å². The summed E-state index contributed by atoms with van der Waals surface area (Å²) in [5.41, 5.74) is 9.57. The summed E-state index contributed by atoms with van der Waals surface area (Å²) in [6.45, 7) is 11.9. The molecule has 0 radical (unpaired) electrons. The molecule has 0 bridgehead atoms. The van der Waals surface area contributed by atoms with Crippen molar-refractivity contribution in [3.63, 3.8) is 0 Å². The van der Waals surface area contributed by atoms with Crippen LogP contribution in [0.2, 0.25) is 0 Å². The van der Waals surface area contributed by atoms with Gasteiger partial charge in [-0.15, -0.1) is 0 Å². The van der Waals surface area contributed by atoms with Crippen LogP contribution in [0.4, 0.5) is 15.8 Å². The molecule has 0 spiro atoms. The van der Waals surface area contributed by atoms with E-state index in [4.69, 9.17) is 9.47 Å². The van der Waals surface area contributed by atoms with Crippen LogP contribution in [0.15, 0.2) is 91.0 Å². The number of aromatic hydroxyl groups is 1. The van der Waals surface area contributed by atoms with E-state index in [-0.39, 0.29) is 42.5 Å². The number of carbonyl (C=O) groups is 3. The van der Waals surface area contributed by atoms with Gasteiger partial charge in [-0.1, -0.05) is 30.3 Å². The van der Waals surface area contributed by atoms with Crippen LogP contribution >= 0.6 is 0 Å². The molecule has 2 saturated heterocycles. The molecule has 4 aromatic carbocycles. The normalized spacial score (nSPS) is 19.4. The van der Waals surface area contributed by atoms with Gasteiger partial charge >= 0.3 is 0 Å². The zero-order valence-corrected chi connectivity index (χ0v) is 42.7. The van der Waals surface area contributed by atoms with Gasteiger partial charge < -0.3 is 38.4 Å². The number of hydrogen-bond donors (Lipinski definition) is 1. The number of carbonyl (C=O) groups excluding carboxylic acids is 3. The van der Waals surface area contributed by atoms with E-state index in [0.29, 0.717) is 101 Å². The topological polar surface area (TPSA) is 140 Å². The lowest BCUT2D eigenvalue weighted by Gasteiger charge is -2.40. The Morgan fingerprint density at radius 1 is 0.824 bits per heavy atom. The van der Waals surface area contributed by atoms with Crippen LogP contribution in [-0.4, -0.2) is 123 Å². The number of hydrogen-bond acceptors (Lipinski definition) is 9. The summed E-state index contributed by atoms with van der Waals surface area (Å²) >= 11 is 0. The minimum absolute atomic E-state index is 0.0517. The van der Waals surface area contributed by atoms with Crippen LogP contribution in [-0.2, 0) is 56.0 Å². The SMILES string of the molecule is Cc1c(N(C(=O)c2cc(-c3cc4c(cc3C(=O)N3Cc5ccccc5C[C@H]3CN3C[C@H]5C[C@H]5C3)CN(C(=O)Cc3ccc(OCCN5CCOCC5)cc3F)CC4)n(C)c2C)c2ccc(O)cc2)cc(C#N)n1C. The molecular formula is C59H63FN8O6. The number of benzene rings is 4. The zero-order valence-electron chi connectivity index (χ0n) is 42.7. The third kappa shape index (κ3) is 9.58. The van der Waals surface area contributed by atoms with Gasteiger partial charge in [0, 0.05) is 119 Å². The van der Waals surface area contributed by atoms with Gasteiger partial charge in [0.1, 0.15) is 35.7 Å². The fourth-order valence-corrected chi connectivity index (χ4v) is 11.7. The van der Waals surface area contributed by atoms with Gasteiger partial charge in [0.05, 0.1) is 30.9 Å². The Balaban J connectivity index is 0.929. The molecule has 3 fully saturated rings. The Morgan fingerprint density at radius 2 is 1.58 bits per heavy atom. The average molecular weight is 999 g/mol. The molecule has 1 N–H and O–H groups in total. The summed E-state index contributed by atoms with van der Waals surface area (Å²) < 4.78 is 30.6. The second-order valence-corrected chi connectivity index (χ2v) is 20.9. The van der Waals surface area contributed by atoms with Crippen molar-refractivity contribution in [3.8, 4) is 28.8 Å². The maximum Gasteiger partial charge on any atom is 0.264 e. The van der Waals surface area contributed by atoms with Gasteiger partial charge in [-0.3, -0.25) is 24.2 Å². The van der Waals surface area contributed by atoms with E-state index in [1.807, 2.05) is 48.6 Å². The fraction of sp³-hybridized carbons (Fsp3) is 0.390. The highest BCUT2D eigenvalue weighted by molar-refractivity contribution is 6.13. The van der Waals surface area contributed by atoms with Crippen LogP contribution in [0.3, 0.4) is 0 Å². The van der Waals surface area contributed by atoms with Crippen LogP contribution in [0.1, 0.15) is 72.0 Å². The highest BCUT2D eigenvalue weighted by atomic mass is 19.1.